The summed E-state index contributed by atoms with van der Waals surface area (Å²) in [5.41, 5.74) is 1.60. The van der Waals surface area contributed by atoms with Gasteiger partial charge in [0, 0.05) is 24.0 Å². The number of hydrogen-bond donors (Lipinski definition) is 0. The lowest BCUT2D eigenvalue weighted by Crippen LogP contribution is -2.52. The molecule has 0 heterocycles. The number of rotatable bonds is 7. The summed E-state index contributed by atoms with van der Waals surface area (Å²) in [7, 11) is 1.98. The first-order valence-electron chi connectivity index (χ1n) is 7.21. The summed E-state index contributed by atoms with van der Waals surface area (Å²) in [4.78, 5) is 17.7. The Morgan fingerprint density at radius 3 is 2.25 bits per heavy atom. The number of hydrogen-bond acceptors (Lipinski definition) is 2. The molecule has 110 valence electrons. The van der Waals surface area contributed by atoms with Crippen LogP contribution in [0.5, 0.6) is 0 Å². The second-order valence-corrected chi connectivity index (χ2v) is 5.45. The van der Waals surface area contributed by atoms with Crippen LogP contribution >= 0.6 is 0 Å². The average Bonchev–Trinajstić information content (AvgIpc) is 2.40. The quantitative estimate of drug-likeness (QED) is 0.429. The Labute approximate surface area is 122 Å². The summed E-state index contributed by atoms with van der Waals surface area (Å²) in [5.74, 6) is -0.324. The van der Waals surface area contributed by atoms with Gasteiger partial charge in [0.15, 0.2) is 0 Å². The summed E-state index contributed by atoms with van der Waals surface area (Å²) < 4.78 is 0.267. The fourth-order valence-corrected chi connectivity index (χ4v) is 2.51. The third-order valence-corrected chi connectivity index (χ3v) is 3.69. The van der Waals surface area contributed by atoms with Gasteiger partial charge in [0.05, 0.1) is 0 Å². The number of carbonyl (C=O) groups excluding carboxylic acids is 1. The molecule has 1 unspecified atom stereocenters. The highest BCUT2D eigenvalue weighted by molar-refractivity contribution is 5.86. The van der Waals surface area contributed by atoms with Gasteiger partial charge in [-0.2, -0.15) is 0 Å². The molecule has 0 aliphatic carbocycles. The molecule has 0 radical (unpaired) electrons. The molecule has 3 heteroatoms. The average molecular weight is 276 g/mol. The summed E-state index contributed by atoms with van der Waals surface area (Å²) in [6.07, 6.45) is 1.92. The van der Waals surface area contributed by atoms with E-state index in [9.17, 15) is 4.79 Å². The Balaban J connectivity index is 3.00. The van der Waals surface area contributed by atoms with Crippen molar-refractivity contribution in [3.05, 3.63) is 48.0 Å². The molecule has 3 nitrogen and oxygen atoms in total. The van der Waals surface area contributed by atoms with Crippen LogP contribution in [0.4, 0.5) is 0 Å². The Morgan fingerprint density at radius 2 is 1.80 bits per heavy atom. The van der Waals surface area contributed by atoms with Crippen LogP contribution in [-0.4, -0.2) is 23.7 Å². The van der Waals surface area contributed by atoms with Gasteiger partial charge in [-0.05, 0) is 6.92 Å². The highest BCUT2D eigenvalue weighted by atomic mass is 16.7. The lowest BCUT2D eigenvalue weighted by Gasteiger charge is -2.37. The third-order valence-electron chi connectivity index (χ3n) is 3.69. The number of carbonyl (C=O) groups is 1. The smallest absolute Gasteiger partial charge is 0.271 e. The van der Waals surface area contributed by atoms with Crippen LogP contribution < -0.4 is 0 Å². The number of nitrogens with zero attached hydrogens (tertiary/aromatic N) is 1. The van der Waals surface area contributed by atoms with Crippen molar-refractivity contribution in [3.63, 3.8) is 0 Å². The topological polar surface area (TPSA) is 26.3 Å². The monoisotopic (exact) mass is 276 g/mol. The molecule has 1 atom stereocenters. The van der Waals surface area contributed by atoms with Crippen LogP contribution in [0.2, 0.25) is 0 Å². The molecule has 0 spiro atoms. The molecule has 20 heavy (non-hydrogen) atoms. The summed E-state index contributed by atoms with van der Waals surface area (Å²) in [6, 6.07) is 10.4. The van der Waals surface area contributed by atoms with Gasteiger partial charge in [-0.3, -0.25) is 4.84 Å². The fraction of sp³-hybridized carbons (Fsp3) is 0.471. The van der Waals surface area contributed by atoms with Crippen molar-refractivity contribution in [3.8, 4) is 0 Å². The molecular formula is C17H26NO2+. The van der Waals surface area contributed by atoms with Crippen molar-refractivity contribution in [2.45, 2.75) is 46.2 Å². The second-order valence-electron chi connectivity index (χ2n) is 5.45. The van der Waals surface area contributed by atoms with Crippen LogP contribution in [0.25, 0.3) is 0 Å². The molecule has 0 fully saturated rings. The van der Waals surface area contributed by atoms with E-state index < -0.39 is 0 Å². The van der Waals surface area contributed by atoms with Gasteiger partial charge in [0.25, 0.3) is 0 Å². The second kappa shape index (κ2) is 7.25. The molecule has 0 aromatic heterocycles. The van der Waals surface area contributed by atoms with Gasteiger partial charge < -0.3 is 0 Å². The molecule has 0 bridgehead atoms. The van der Waals surface area contributed by atoms with E-state index in [0.29, 0.717) is 12.1 Å². The maximum atomic E-state index is 11.9. The zero-order valence-corrected chi connectivity index (χ0v) is 13.1. The minimum atomic E-state index is -0.324. The lowest BCUT2D eigenvalue weighted by atomic mass is 10.1. The number of quaternary nitrogens is 1. The van der Waals surface area contributed by atoms with Gasteiger partial charge >= 0.3 is 5.97 Å². The van der Waals surface area contributed by atoms with Crippen molar-refractivity contribution in [1.82, 2.24) is 0 Å². The molecule has 0 saturated heterocycles. The maximum absolute atomic E-state index is 11.9. The Kier molecular flexibility index (Phi) is 5.96. The minimum absolute atomic E-state index is 0.267. The highest BCUT2D eigenvalue weighted by Crippen LogP contribution is 2.23. The lowest BCUT2D eigenvalue weighted by molar-refractivity contribution is -1.10. The predicted molar refractivity (Wildman–Crippen MR) is 81.6 cm³/mol. The van der Waals surface area contributed by atoms with Crippen LogP contribution in [-0.2, 0) is 16.2 Å². The van der Waals surface area contributed by atoms with Crippen LogP contribution in [0.15, 0.2) is 42.5 Å². The molecular weight excluding hydrogens is 250 g/mol. The molecule has 0 aliphatic heterocycles. The highest BCUT2D eigenvalue weighted by Gasteiger charge is 2.36. The van der Waals surface area contributed by atoms with Crippen molar-refractivity contribution >= 4 is 5.97 Å². The van der Waals surface area contributed by atoms with Crippen LogP contribution in [0, 0.1) is 0 Å². The van der Waals surface area contributed by atoms with E-state index in [0.717, 1.165) is 18.4 Å². The standard InChI is InChI=1S/C17H26NO2/c1-6-16(7-2)18(5,20-17(19)14(3)4)13-15-11-9-8-10-12-15/h8-12,16H,3,6-7,13H2,1-2,4-5H3/q+1. The normalized spacial score (nSPS) is 13.8. The third kappa shape index (κ3) is 4.20. The van der Waals surface area contributed by atoms with E-state index in [4.69, 9.17) is 4.84 Å². The predicted octanol–water partition coefficient (Wildman–Crippen LogP) is 3.86. The van der Waals surface area contributed by atoms with E-state index in [-0.39, 0.29) is 16.7 Å². The van der Waals surface area contributed by atoms with Gasteiger partial charge in [0.2, 0.25) is 0 Å². The van der Waals surface area contributed by atoms with Crippen LogP contribution in [0.1, 0.15) is 39.2 Å². The Morgan fingerprint density at radius 1 is 1.25 bits per heavy atom. The van der Waals surface area contributed by atoms with Gasteiger partial charge in [-0.1, -0.05) is 50.8 Å². The van der Waals surface area contributed by atoms with E-state index >= 15 is 0 Å². The molecule has 1 aromatic carbocycles. The first-order chi connectivity index (χ1) is 9.42. The summed E-state index contributed by atoms with van der Waals surface area (Å²) >= 11 is 0. The zero-order valence-electron chi connectivity index (χ0n) is 13.1. The van der Waals surface area contributed by atoms with E-state index in [2.05, 4.69) is 32.6 Å². The minimum Gasteiger partial charge on any atom is -0.271 e. The summed E-state index contributed by atoms with van der Waals surface area (Å²) in [5, 5.41) is 0. The van der Waals surface area contributed by atoms with Gasteiger partial charge in [-0.15, -0.1) is 4.65 Å². The molecule has 0 aliphatic rings. The van der Waals surface area contributed by atoms with E-state index in [1.165, 1.54) is 0 Å². The van der Waals surface area contributed by atoms with Crippen molar-refractivity contribution in [1.29, 1.82) is 0 Å². The first-order valence-corrected chi connectivity index (χ1v) is 7.21. The van der Waals surface area contributed by atoms with Crippen molar-refractivity contribution < 1.29 is 14.3 Å². The largest absolute Gasteiger partial charge is 0.392 e. The Bertz CT molecular complexity index is 451. The number of hydroxylamine groups is 3. The van der Waals surface area contributed by atoms with Gasteiger partial charge in [-0.25, -0.2) is 4.79 Å². The molecule has 0 N–H and O–H groups in total. The number of benzene rings is 1. The van der Waals surface area contributed by atoms with Gasteiger partial charge in [0.1, 0.15) is 19.6 Å². The summed E-state index contributed by atoms with van der Waals surface area (Å²) in [6.45, 7) is 10.3. The van der Waals surface area contributed by atoms with E-state index in [1.807, 2.05) is 25.2 Å². The fourth-order valence-electron chi connectivity index (χ4n) is 2.51. The van der Waals surface area contributed by atoms with Crippen molar-refractivity contribution in [2.75, 3.05) is 7.05 Å². The Hall–Kier alpha value is -1.61. The first kappa shape index (κ1) is 16.4. The molecule has 1 rings (SSSR count). The van der Waals surface area contributed by atoms with Crippen molar-refractivity contribution in [2.24, 2.45) is 0 Å². The molecule has 1 aromatic rings. The molecule has 0 amide bonds. The van der Waals surface area contributed by atoms with E-state index in [1.54, 1.807) is 6.92 Å². The van der Waals surface area contributed by atoms with Crippen LogP contribution in [0.3, 0.4) is 0 Å². The molecule has 0 saturated carbocycles. The zero-order chi connectivity index (χ0) is 15.2. The SMILES string of the molecule is C=C(C)C(=O)O[N+](C)(Cc1ccccc1)C(CC)CC. The maximum Gasteiger partial charge on any atom is 0.392 e.